The Morgan fingerprint density at radius 2 is 2.07 bits per heavy atom. The van der Waals surface area contributed by atoms with E-state index in [1.807, 2.05) is 29.4 Å². The summed E-state index contributed by atoms with van der Waals surface area (Å²) in [5, 5.41) is 0.724. The average Bonchev–Trinajstić information content (AvgIpc) is 3.06. The highest BCUT2D eigenvalue weighted by Crippen LogP contribution is 2.47. The Hall–Kier alpha value is -1.75. The van der Waals surface area contributed by atoms with Crippen molar-refractivity contribution in [3.8, 4) is 0 Å². The van der Waals surface area contributed by atoms with Gasteiger partial charge in [-0.1, -0.05) is 39.3 Å². The van der Waals surface area contributed by atoms with E-state index >= 15 is 0 Å². The number of halogens is 1. The molecule has 6 heteroatoms. The van der Waals surface area contributed by atoms with E-state index in [-0.39, 0.29) is 22.5 Å². The summed E-state index contributed by atoms with van der Waals surface area (Å²) < 4.78 is 8.21. The summed E-state index contributed by atoms with van der Waals surface area (Å²) in [5.74, 6) is 0. The van der Waals surface area contributed by atoms with E-state index in [0.717, 1.165) is 54.8 Å². The van der Waals surface area contributed by atoms with Gasteiger partial charge in [0.1, 0.15) is 5.60 Å². The lowest BCUT2D eigenvalue weighted by Crippen LogP contribution is -2.45. The topological polar surface area (TPSA) is 47.4 Å². The molecule has 5 nitrogen and oxygen atoms in total. The minimum atomic E-state index is -0.358. The van der Waals surface area contributed by atoms with Crippen LogP contribution in [0.3, 0.4) is 0 Å². The molecular formula is C22H30ClN3O2. The van der Waals surface area contributed by atoms with Crippen LogP contribution in [-0.2, 0) is 11.3 Å². The van der Waals surface area contributed by atoms with Crippen LogP contribution < -0.4 is 0 Å². The van der Waals surface area contributed by atoms with Crippen LogP contribution in [0.25, 0.3) is 11.0 Å². The molecule has 2 fully saturated rings. The van der Waals surface area contributed by atoms with Crippen LogP contribution in [0.5, 0.6) is 0 Å². The second-order valence-corrected chi connectivity index (χ2v) is 10.8. The highest BCUT2D eigenvalue weighted by molar-refractivity contribution is 6.31. The van der Waals surface area contributed by atoms with Crippen molar-refractivity contribution in [3.05, 3.63) is 29.5 Å². The lowest BCUT2D eigenvalue weighted by Gasteiger charge is -2.43. The van der Waals surface area contributed by atoms with E-state index in [2.05, 4.69) is 37.2 Å². The fraction of sp³-hybridized carbons (Fsp3) is 0.636. The Balaban J connectivity index is 1.54. The Morgan fingerprint density at radius 3 is 2.82 bits per heavy atom. The summed E-state index contributed by atoms with van der Waals surface area (Å²) in [6, 6.07) is 5.81. The summed E-state index contributed by atoms with van der Waals surface area (Å²) >= 11 is 6.20. The molecule has 0 bridgehead atoms. The van der Waals surface area contributed by atoms with Crippen molar-refractivity contribution in [3.63, 3.8) is 0 Å². The molecule has 1 saturated carbocycles. The number of ether oxygens (including phenoxy) is 1. The Kier molecular flexibility index (Phi) is 4.65. The summed E-state index contributed by atoms with van der Waals surface area (Å²) in [5.41, 5.74) is 1.78. The van der Waals surface area contributed by atoms with Crippen LogP contribution in [0.4, 0.5) is 4.79 Å². The van der Waals surface area contributed by atoms with E-state index in [0.29, 0.717) is 6.54 Å². The highest BCUT2D eigenvalue weighted by atomic mass is 35.5. The molecule has 2 heterocycles. The van der Waals surface area contributed by atoms with Crippen molar-refractivity contribution in [1.29, 1.82) is 0 Å². The molecule has 1 aliphatic carbocycles. The number of amides is 1. The van der Waals surface area contributed by atoms with Gasteiger partial charge in [-0.25, -0.2) is 9.78 Å². The zero-order valence-corrected chi connectivity index (χ0v) is 18.1. The van der Waals surface area contributed by atoms with Gasteiger partial charge in [0.2, 0.25) is 0 Å². The Labute approximate surface area is 172 Å². The third kappa shape index (κ3) is 3.86. The van der Waals surface area contributed by atoms with Gasteiger partial charge in [0, 0.05) is 18.1 Å². The first-order valence-electron chi connectivity index (χ1n) is 10.2. The van der Waals surface area contributed by atoms with Gasteiger partial charge < -0.3 is 14.2 Å². The minimum absolute atomic E-state index is 0.0478. The molecule has 2 unspecified atom stereocenters. The SMILES string of the molecule is CC(C)(C)CN1CC2(CCCC(C)(Cn3cnc4ccc(Cl)cc43)C2)OC1=O. The largest absolute Gasteiger partial charge is 0.441 e. The molecule has 0 radical (unpaired) electrons. The number of carbonyl (C=O) groups excluding carboxylic acids is 1. The minimum Gasteiger partial charge on any atom is -0.441 e. The van der Waals surface area contributed by atoms with Crippen molar-refractivity contribution in [2.75, 3.05) is 13.1 Å². The first-order valence-corrected chi connectivity index (χ1v) is 10.5. The monoisotopic (exact) mass is 403 g/mol. The molecule has 152 valence electrons. The third-order valence-corrected chi connectivity index (χ3v) is 6.24. The van der Waals surface area contributed by atoms with Crippen LogP contribution in [-0.4, -0.2) is 39.2 Å². The standard InChI is InChI=1S/C22H30ClN3O2/c1-20(2,3)12-25-14-22(28-19(25)27)9-5-8-21(4,11-22)13-26-15-24-17-7-6-16(23)10-18(17)26/h6-7,10,15H,5,8-9,11-14H2,1-4H3. The van der Waals surface area contributed by atoms with Gasteiger partial charge in [-0.05, 0) is 54.7 Å². The van der Waals surface area contributed by atoms with E-state index in [1.165, 1.54) is 0 Å². The van der Waals surface area contributed by atoms with Gasteiger partial charge in [0.25, 0.3) is 0 Å². The maximum atomic E-state index is 12.5. The summed E-state index contributed by atoms with van der Waals surface area (Å²) in [6.07, 6.45) is 5.77. The van der Waals surface area contributed by atoms with Crippen LogP contribution in [0, 0.1) is 10.8 Å². The predicted molar refractivity (Wildman–Crippen MR) is 112 cm³/mol. The molecule has 1 aromatic carbocycles. The summed E-state index contributed by atoms with van der Waals surface area (Å²) in [6.45, 7) is 11.1. The number of benzene rings is 1. The maximum absolute atomic E-state index is 12.5. The zero-order chi connectivity index (χ0) is 20.2. The molecule has 1 amide bonds. The zero-order valence-electron chi connectivity index (χ0n) is 17.3. The number of fused-ring (bicyclic) bond motifs is 1. The fourth-order valence-corrected chi connectivity index (χ4v) is 5.27. The predicted octanol–water partition coefficient (Wildman–Crippen LogP) is 5.51. The molecular weight excluding hydrogens is 374 g/mol. The van der Waals surface area contributed by atoms with Crippen molar-refractivity contribution in [1.82, 2.24) is 14.5 Å². The molecule has 1 saturated heterocycles. The molecule has 2 aromatic rings. The van der Waals surface area contributed by atoms with Gasteiger partial charge >= 0.3 is 6.09 Å². The number of aromatic nitrogens is 2. The number of carbonyl (C=O) groups is 1. The fourth-order valence-electron chi connectivity index (χ4n) is 5.10. The van der Waals surface area contributed by atoms with Crippen molar-refractivity contribution < 1.29 is 9.53 Å². The second-order valence-electron chi connectivity index (χ2n) is 10.3. The van der Waals surface area contributed by atoms with Gasteiger partial charge in [0.15, 0.2) is 0 Å². The smallest absolute Gasteiger partial charge is 0.410 e. The Morgan fingerprint density at radius 1 is 1.29 bits per heavy atom. The average molecular weight is 404 g/mol. The van der Waals surface area contributed by atoms with E-state index < -0.39 is 0 Å². The molecule has 1 spiro atoms. The van der Waals surface area contributed by atoms with Crippen molar-refractivity contribution >= 4 is 28.7 Å². The van der Waals surface area contributed by atoms with Crippen LogP contribution >= 0.6 is 11.6 Å². The van der Waals surface area contributed by atoms with E-state index in [9.17, 15) is 4.79 Å². The van der Waals surface area contributed by atoms with E-state index in [1.54, 1.807) is 0 Å². The van der Waals surface area contributed by atoms with Crippen molar-refractivity contribution in [2.24, 2.45) is 10.8 Å². The second kappa shape index (κ2) is 6.65. The van der Waals surface area contributed by atoms with Crippen LogP contribution in [0.1, 0.15) is 53.4 Å². The molecule has 1 aromatic heterocycles. The third-order valence-electron chi connectivity index (χ3n) is 6.00. The number of rotatable bonds is 3. The number of hydrogen-bond donors (Lipinski definition) is 0. The van der Waals surface area contributed by atoms with Crippen LogP contribution in [0.15, 0.2) is 24.5 Å². The summed E-state index contributed by atoms with van der Waals surface area (Å²) in [7, 11) is 0. The summed E-state index contributed by atoms with van der Waals surface area (Å²) in [4.78, 5) is 19.0. The number of nitrogens with zero attached hydrogens (tertiary/aromatic N) is 3. The lowest BCUT2D eigenvalue weighted by molar-refractivity contribution is -0.0270. The number of hydrogen-bond acceptors (Lipinski definition) is 3. The van der Waals surface area contributed by atoms with Gasteiger partial charge in [-0.3, -0.25) is 0 Å². The molecule has 4 rings (SSSR count). The maximum Gasteiger partial charge on any atom is 0.410 e. The van der Waals surface area contributed by atoms with Gasteiger partial charge in [-0.15, -0.1) is 0 Å². The number of imidazole rings is 1. The highest BCUT2D eigenvalue weighted by Gasteiger charge is 2.51. The molecule has 28 heavy (non-hydrogen) atoms. The molecule has 2 atom stereocenters. The quantitative estimate of drug-likeness (QED) is 0.679. The first kappa shape index (κ1) is 19.6. The van der Waals surface area contributed by atoms with E-state index in [4.69, 9.17) is 16.3 Å². The van der Waals surface area contributed by atoms with Gasteiger partial charge in [-0.2, -0.15) is 0 Å². The molecule has 0 N–H and O–H groups in total. The lowest BCUT2D eigenvalue weighted by atomic mass is 9.68. The molecule has 2 aliphatic rings. The van der Waals surface area contributed by atoms with Crippen molar-refractivity contribution in [2.45, 2.75) is 65.5 Å². The van der Waals surface area contributed by atoms with Gasteiger partial charge in [0.05, 0.1) is 23.9 Å². The normalized spacial score (nSPS) is 28.3. The Bertz CT molecular complexity index is 903. The first-order chi connectivity index (χ1) is 13.1. The molecule has 1 aliphatic heterocycles. The van der Waals surface area contributed by atoms with Crippen LogP contribution in [0.2, 0.25) is 5.02 Å².